The molecule has 1 aromatic heterocycles. The molecule has 20 heavy (non-hydrogen) atoms. The number of carboxylic acid groups (broad SMARTS) is 1. The van der Waals surface area contributed by atoms with Crippen molar-refractivity contribution in [3.8, 4) is 0 Å². The summed E-state index contributed by atoms with van der Waals surface area (Å²) >= 11 is 0. The SMILES string of the molecule is CC1=C[C@H](C)[C@@H](C(=O)O)[C@H](C(=O)Nc2cccnc2)C1. The molecule has 3 atom stereocenters. The van der Waals surface area contributed by atoms with Crippen LogP contribution in [0.3, 0.4) is 0 Å². The lowest BCUT2D eigenvalue weighted by Gasteiger charge is -2.31. The van der Waals surface area contributed by atoms with Crippen LogP contribution in [0.4, 0.5) is 5.69 Å². The molecule has 2 N–H and O–H groups in total. The molecule has 1 heterocycles. The number of nitrogens with zero attached hydrogens (tertiary/aromatic N) is 1. The number of rotatable bonds is 3. The van der Waals surface area contributed by atoms with Gasteiger partial charge in [-0.1, -0.05) is 18.6 Å². The second-order valence-electron chi connectivity index (χ2n) is 5.28. The van der Waals surface area contributed by atoms with Crippen LogP contribution < -0.4 is 5.32 Å². The maximum Gasteiger partial charge on any atom is 0.307 e. The van der Waals surface area contributed by atoms with Crippen molar-refractivity contribution in [2.75, 3.05) is 5.32 Å². The molecule has 0 aromatic carbocycles. The molecule has 0 saturated heterocycles. The van der Waals surface area contributed by atoms with Crippen molar-refractivity contribution in [3.05, 3.63) is 36.2 Å². The molecule has 1 aliphatic rings. The molecule has 0 bridgehead atoms. The second kappa shape index (κ2) is 5.86. The summed E-state index contributed by atoms with van der Waals surface area (Å²) in [6.07, 6.45) is 5.58. The highest BCUT2D eigenvalue weighted by atomic mass is 16.4. The summed E-state index contributed by atoms with van der Waals surface area (Å²) in [4.78, 5) is 27.7. The number of hydrogen-bond donors (Lipinski definition) is 2. The summed E-state index contributed by atoms with van der Waals surface area (Å²) in [7, 11) is 0. The van der Waals surface area contributed by atoms with Crippen molar-refractivity contribution in [3.63, 3.8) is 0 Å². The van der Waals surface area contributed by atoms with Crippen LogP contribution in [-0.2, 0) is 9.59 Å². The standard InChI is InChI=1S/C15H18N2O3/c1-9-6-10(2)13(15(19)20)12(7-9)14(18)17-11-4-3-5-16-8-11/h3-6,8,10,12-13H,7H2,1-2H3,(H,17,18)(H,19,20)/t10-,12+,13+/m0/s1. The monoisotopic (exact) mass is 274 g/mol. The molecule has 5 nitrogen and oxygen atoms in total. The first-order valence-corrected chi connectivity index (χ1v) is 6.60. The Morgan fingerprint density at radius 2 is 2.20 bits per heavy atom. The van der Waals surface area contributed by atoms with Gasteiger partial charge in [0.1, 0.15) is 0 Å². The Morgan fingerprint density at radius 1 is 1.45 bits per heavy atom. The number of allylic oxidation sites excluding steroid dienone is 2. The zero-order valence-electron chi connectivity index (χ0n) is 11.5. The van der Waals surface area contributed by atoms with E-state index in [1.165, 1.54) is 0 Å². The first-order chi connectivity index (χ1) is 9.49. The van der Waals surface area contributed by atoms with Crippen LogP contribution in [0, 0.1) is 17.8 Å². The Morgan fingerprint density at radius 3 is 2.80 bits per heavy atom. The number of pyridine rings is 1. The molecular weight excluding hydrogens is 256 g/mol. The molecule has 0 aliphatic heterocycles. The van der Waals surface area contributed by atoms with Gasteiger partial charge in [0, 0.05) is 6.20 Å². The van der Waals surface area contributed by atoms with Crippen molar-refractivity contribution in [2.45, 2.75) is 20.3 Å². The third-order valence-corrected chi connectivity index (χ3v) is 3.64. The van der Waals surface area contributed by atoms with E-state index in [0.717, 1.165) is 5.57 Å². The largest absolute Gasteiger partial charge is 0.481 e. The second-order valence-corrected chi connectivity index (χ2v) is 5.28. The fourth-order valence-corrected chi connectivity index (χ4v) is 2.79. The molecule has 0 radical (unpaired) electrons. The summed E-state index contributed by atoms with van der Waals surface area (Å²) < 4.78 is 0. The number of carboxylic acids is 1. The Hall–Kier alpha value is -2.17. The Labute approximate surface area is 117 Å². The highest BCUT2D eigenvalue weighted by Gasteiger charge is 2.39. The van der Waals surface area contributed by atoms with Crippen molar-refractivity contribution in [2.24, 2.45) is 17.8 Å². The summed E-state index contributed by atoms with van der Waals surface area (Å²) in [5, 5.41) is 12.1. The molecule has 1 aliphatic carbocycles. The maximum atomic E-state index is 12.3. The topological polar surface area (TPSA) is 79.3 Å². The van der Waals surface area contributed by atoms with E-state index in [4.69, 9.17) is 0 Å². The van der Waals surface area contributed by atoms with E-state index in [-0.39, 0.29) is 11.8 Å². The summed E-state index contributed by atoms with van der Waals surface area (Å²) in [5.41, 5.74) is 1.64. The predicted molar refractivity (Wildman–Crippen MR) is 75.0 cm³/mol. The number of aliphatic carboxylic acids is 1. The first kappa shape index (κ1) is 14.2. The van der Waals surface area contributed by atoms with Gasteiger partial charge in [-0.25, -0.2) is 0 Å². The van der Waals surface area contributed by atoms with Gasteiger partial charge in [-0.3, -0.25) is 14.6 Å². The van der Waals surface area contributed by atoms with Crippen LogP contribution in [0.5, 0.6) is 0 Å². The molecule has 0 saturated carbocycles. The number of hydrogen-bond acceptors (Lipinski definition) is 3. The van der Waals surface area contributed by atoms with E-state index in [9.17, 15) is 14.7 Å². The Kier molecular flexibility index (Phi) is 4.17. The zero-order valence-corrected chi connectivity index (χ0v) is 11.5. The van der Waals surface area contributed by atoms with Crippen LogP contribution in [0.1, 0.15) is 20.3 Å². The molecule has 106 valence electrons. The molecule has 5 heteroatoms. The summed E-state index contributed by atoms with van der Waals surface area (Å²) in [5.74, 6) is -2.56. The van der Waals surface area contributed by atoms with Crippen molar-refractivity contribution < 1.29 is 14.7 Å². The number of carbonyl (C=O) groups excluding carboxylic acids is 1. The zero-order chi connectivity index (χ0) is 14.7. The van der Waals surface area contributed by atoms with Crippen LogP contribution in [0.15, 0.2) is 36.2 Å². The minimum atomic E-state index is -0.924. The van der Waals surface area contributed by atoms with Crippen molar-refractivity contribution >= 4 is 17.6 Å². The van der Waals surface area contributed by atoms with Crippen molar-refractivity contribution in [1.82, 2.24) is 4.98 Å². The number of anilines is 1. The van der Waals surface area contributed by atoms with E-state index in [1.54, 1.807) is 24.5 Å². The average Bonchev–Trinajstić information content (AvgIpc) is 2.38. The van der Waals surface area contributed by atoms with Crippen LogP contribution in [0.25, 0.3) is 0 Å². The van der Waals surface area contributed by atoms with Crippen LogP contribution in [-0.4, -0.2) is 22.0 Å². The molecule has 0 spiro atoms. The molecule has 1 aromatic rings. The number of nitrogens with one attached hydrogen (secondary N) is 1. The van der Waals surface area contributed by atoms with Gasteiger partial charge in [-0.05, 0) is 31.4 Å². The Bertz CT molecular complexity index is 539. The maximum absolute atomic E-state index is 12.3. The van der Waals surface area contributed by atoms with Crippen LogP contribution in [0.2, 0.25) is 0 Å². The van der Waals surface area contributed by atoms with E-state index in [0.29, 0.717) is 12.1 Å². The van der Waals surface area contributed by atoms with E-state index < -0.39 is 17.8 Å². The quantitative estimate of drug-likeness (QED) is 0.829. The average molecular weight is 274 g/mol. The highest BCUT2D eigenvalue weighted by molar-refractivity contribution is 5.95. The smallest absolute Gasteiger partial charge is 0.307 e. The molecule has 1 amide bonds. The molecule has 2 rings (SSSR count). The fourth-order valence-electron chi connectivity index (χ4n) is 2.79. The number of amides is 1. The minimum Gasteiger partial charge on any atom is -0.481 e. The molecular formula is C15H18N2O3. The number of carbonyl (C=O) groups is 2. The lowest BCUT2D eigenvalue weighted by Crippen LogP contribution is -2.39. The van der Waals surface area contributed by atoms with Gasteiger partial charge in [0.2, 0.25) is 5.91 Å². The lowest BCUT2D eigenvalue weighted by molar-refractivity contribution is -0.148. The van der Waals surface area contributed by atoms with Crippen LogP contribution >= 0.6 is 0 Å². The molecule has 0 fully saturated rings. The van der Waals surface area contributed by atoms with E-state index in [1.807, 2.05) is 19.9 Å². The lowest BCUT2D eigenvalue weighted by atomic mass is 9.73. The normalized spacial score (nSPS) is 25.7. The molecule has 0 unspecified atom stereocenters. The minimum absolute atomic E-state index is 0.147. The third-order valence-electron chi connectivity index (χ3n) is 3.64. The first-order valence-electron chi connectivity index (χ1n) is 6.60. The van der Waals surface area contributed by atoms with Crippen molar-refractivity contribution in [1.29, 1.82) is 0 Å². The van der Waals surface area contributed by atoms with Gasteiger partial charge in [-0.2, -0.15) is 0 Å². The van der Waals surface area contributed by atoms with Gasteiger partial charge in [0.05, 0.1) is 23.7 Å². The number of aromatic nitrogens is 1. The van der Waals surface area contributed by atoms with Gasteiger partial charge in [-0.15, -0.1) is 0 Å². The third kappa shape index (κ3) is 3.04. The van der Waals surface area contributed by atoms with Gasteiger partial charge < -0.3 is 10.4 Å². The van der Waals surface area contributed by atoms with Gasteiger partial charge >= 0.3 is 5.97 Å². The summed E-state index contributed by atoms with van der Waals surface area (Å²) in [6.45, 7) is 3.77. The highest BCUT2D eigenvalue weighted by Crippen LogP contribution is 2.34. The summed E-state index contributed by atoms with van der Waals surface area (Å²) in [6, 6.07) is 3.45. The predicted octanol–water partition coefficient (Wildman–Crippen LogP) is 2.32. The van der Waals surface area contributed by atoms with Gasteiger partial charge in [0.15, 0.2) is 0 Å². The fraction of sp³-hybridized carbons (Fsp3) is 0.400. The van der Waals surface area contributed by atoms with E-state index >= 15 is 0 Å². The van der Waals surface area contributed by atoms with E-state index in [2.05, 4.69) is 10.3 Å². The Balaban J connectivity index is 2.18. The van der Waals surface area contributed by atoms with Gasteiger partial charge in [0.25, 0.3) is 0 Å².